The predicted molar refractivity (Wildman–Crippen MR) is 82.9 cm³/mol. The Kier molecular flexibility index (Phi) is 4.40. The summed E-state index contributed by atoms with van der Waals surface area (Å²) in [6.45, 7) is 2.44. The average molecular weight is 292 g/mol. The molecule has 2 aromatic carbocycles. The molecule has 0 amide bonds. The van der Waals surface area contributed by atoms with Crippen molar-refractivity contribution in [2.45, 2.75) is 13.5 Å². The molecule has 0 bridgehead atoms. The van der Waals surface area contributed by atoms with Crippen LogP contribution in [0.4, 0.5) is 0 Å². The van der Waals surface area contributed by atoms with Gasteiger partial charge in [0, 0.05) is 10.6 Å². The Morgan fingerprint density at radius 3 is 2.74 bits per heavy atom. The summed E-state index contributed by atoms with van der Waals surface area (Å²) in [5.74, 6) is 0.824. The molecule has 2 nitrogen and oxygen atoms in total. The van der Waals surface area contributed by atoms with E-state index in [0.717, 1.165) is 22.4 Å². The van der Waals surface area contributed by atoms with Crippen LogP contribution in [-0.2, 0) is 6.61 Å². The fraction of sp³-hybridized carbons (Fsp3) is 0.133. The van der Waals surface area contributed by atoms with Crippen LogP contribution < -0.4 is 10.5 Å². The van der Waals surface area contributed by atoms with Gasteiger partial charge in [-0.25, -0.2) is 0 Å². The fourth-order valence-electron chi connectivity index (χ4n) is 1.75. The van der Waals surface area contributed by atoms with Gasteiger partial charge in [0.15, 0.2) is 0 Å². The van der Waals surface area contributed by atoms with Gasteiger partial charge in [-0.3, -0.25) is 0 Å². The van der Waals surface area contributed by atoms with E-state index in [9.17, 15) is 0 Å². The van der Waals surface area contributed by atoms with Gasteiger partial charge >= 0.3 is 0 Å². The second-order valence-corrected chi connectivity index (χ2v) is 5.14. The van der Waals surface area contributed by atoms with E-state index in [4.69, 9.17) is 34.3 Å². The first-order valence-electron chi connectivity index (χ1n) is 5.84. The summed E-state index contributed by atoms with van der Waals surface area (Å²) >= 11 is 10.9. The first-order valence-corrected chi connectivity index (χ1v) is 6.62. The van der Waals surface area contributed by atoms with Crippen LogP contribution in [-0.4, -0.2) is 4.99 Å². The number of halogens is 1. The fourth-order valence-corrected chi connectivity index (χ4v) is 2.10. The van der Waals surface area contributed by atoms with Crippen molar-refractivity contribution in [2.24, 2.45) is 5.73 Å². The van der Waals surface area contributed by atoms with Gasteiger partial charge in [0.05, 0.1) is 0 Å². The maximum absolute atomic E-state index is 5.91. The maximum atomic E-state index is 5.91. The van der Waals surface area contributed by atoms with Gasteiger partial charge < -0.3 is 10.5 Å². The van der Waals surface area contributed by atoms with Crippen LogP contribution in [0.25, 0.3) is 0 Å². The minimum absolute atomic E-state index is 0.393. The number of ether oxygens (including phenoxy) is 1. The Morgan fingerprint density at radius 1 is 1.26 bits per heavy atom. The van der Waals surface area contributed by atoms with Gasteiger partial charge in [-0.15, -0.1) is 0 Å². The molecule has 0 aliphatic rings. The van der Waals surface area contributed by atoms with Gasteiger partial charge in [-0.05, 0) is 42.3 Å². The molecule has 2 N–H and O–H groups in total. The smallest absolute Gasteiger partial charge is 0.122 e. The topological polar surface area (TPSA) is 35.2 Å². The van der Waals surface area contributed by atoms with E-state index < -0.39 is 0 Å². The lowest BCUT2D eigenvalue weighted by atomic mass is 10.1. The third-order valence-electron chi connectivity index (χ3n) is 2.74. The largest absolute Gasteiger partial charge is 0.489 e. The minimum Gasteiger partial charge on any atom is -0.489 e. The molecule has 0 radical (unpaired) electrons. The molecule has 0 aliphatic carbocycles. The molecule has 98 valence electrons. The summed E-state index contributed by atoms with van der Waals surface area (Å²) in [5, 5.41) is 0.709. The quantitative estimate of drug-likeness (QED) is 0.869. The van der Waals surface area contributed by atoms with Crippen LogP contribution in [0.3, 0.4) is 0 Å². The van der Waals surface area contributed by atoms with Crippen LogP contribution >= 0.6 is 23.8 Å². The summed E-state index contributed by atoms with van der Waals surface area (Å²) in [5.41, 5.74) is 8.50. The van der Waals surface area contributed by atoms with Crippen molar-refractivity contribution in [3.8, 4) is 5.75 Å². The number of hydrogen-bond donors (Lipinski definition) is 1. The molecule has 2 aromatic rings. The van der Waals surface area contributed by atoms with Crippen molar-refractivity contribution < 1.29 is 4.74 Å². The summed E-state index contributed by atoms with van der Waals surface area (Å²) in [6.07, 6.45) is 0. The molecule has 2 rings (SSSR count). The maximum Gasteiger partial charge on any atom is 0.122 e. The number of rotatable bonds is 4. The summed E-state index contributed by atoms with van der Waals surface area (Å²) in [6, 6.07) is 13.3. The van der Waals surface area contributed by atoms with E-state index in [0.29, 0.717) is 16.6 Å². The molecule has 4 heteroatoms. The van der Waals surface area contributed by atoms with E-state index in [1.165, 1.54) is 0 Å². The number of hydrogen-bond acceptors (Lipinski definition) is 2. The second-order valence-electron chi connectivity index (χ2n) is 4.26. The number of aryl methyl sites for hydroxylation is 1. The molecule has 0 atom stereocenters. The highest BCUT2D eigenvalue weighted by molar-refractivity contribution is 7.80. The van der Waals surface area contributed by atoms with Gasteiger partial charge in [0.25, 0.3) is 0 Å². The standard InChI is InChI=1S/C15H14ClNOS/c1-10-7-13(16)5-6-14(10)18-9-11-3-2-4-12(8-11)15(17)19/h2-8H,9H2,1H3,(H2,17,19). The van der Waals surface area contributed by atoms with Crippen LogP contribution in [0.1, 0.15) is 16.7 Å². The SMILES string of the molecule is Cc1cc(Cl)ccc1OCc1cccc(C(N)=S)c1. The van der Waals surface area contributed by atoms with E-state index in [1.807, 2.05) is 49.4 Å². The normalized spacial score (nSPS) is 10.2. The molecule has 0 unspecified atom stereocenters. The third kappa shape index (κ3) is 3.69. The third-order valence-corrected chi connectivity index (χ3v) is 3.21. The van der Waals surface area contributed by atoms with Gasteiger partial charge in [-0.1, -0.05) is 42.0 Å². The molecule has 0 heterocycles. The lowest BCUT2D eigenvalue weighted by molar-refractivity contribution is 0.304. The average Bonchev–Trinajstić information content (AvgIpc) is 2.38. The van der Waals surface area contributed by atoms with Crippen LogP contribution in [0.15, 0.2) is 42.5 Å². The van der Waals surface area contributed by atoms with Crippen LogP contribution in [0.5, 0.6) is 5.75 Å². The number of benzene rings is 2. The summed E-state index contributed by atoms with van der Waals surface area (Å²) in [7, 11) is 0. The van der Waals surface area contributed by atoms with Gasteiger partial charge in [0.2, 0.25) is 0 Å². The van der Waals surface area contributed by atoms with Crippen molar-refractivity contribution >= 4 is 28.8 Å². The molecule has 0 aromatic heterocycles. The van der Waals surface area contributed by atoms with Crippen molar-refractivity contribution in [1.82, 2.24) is 0 Å². The zero-order valence-electron chi connectivity index (χ0n) is 10.5. The lowest BCUT2D eigenvalue weighted by Gasteiger charge is -2.10. The highest BCUT2D eigenvalue weighted by Crippen LogP contribution is 2.22. The van der Waals surface area contributed by atoms with E-state index in [-0.39, 0.29) is 0 Å². The van der Waals surface area contributed by atoms with E-state index in [2.05, 4.69) is 0 Å². The first kappa shape index (κ1) is 13.8. The highest BCUT2D eigenvalue weighted by Gasteiger charge is 2.02. The summed E-state index contributed by atoms with van der Waals surface area (Å²) in [4.78, 5) is 0.393. The monoisotopic (exact) mass is 291 g/mol. The molecule has 19 heavy (non-hydrogen) atoms. The Balaban J connectivity index is 2.10. The van der Waals surface area contributed by atoms with Crippen molar-refractivity contribution in [2.75, 3.05) is 0 Å². The molecule has 0 fully saturated rings. The highest BCUT2D eigenvalue weighted by atomic mass is 35.5. The minimum atomic E-state index is 0.393. The Labute approximate surface area is 123 Å². The first-order chi connectivity index (χ1) is 9.06. The van der Waals surface area contributed by atoms with Crippen molar-refractivity contribution in [3.63, 3.8) is 0 Å². The van der Waals surface area contributed by atoms with Crippen LogP contribution in [0.2, 0.25) is 5.02 Å². The molecule has 0 saturated heterocycles. The van der Waals surface area contributed by atoms with Gasteiger partial charge in [0.1, 0.15) is 17.3 Å². The molecular weight excluding hydrogens is 278 g/mol. The van der Waals surface area contributed by atoms with Crippen molar-refractivity contribution in [1.29, 1.82) is 0 Å². The van der Waals surface area contributed by atoms with Crippen LogP contribution in [0, 0.1) is 6.92 Å². The Morgan fingerprint density at radius 2 is 2.05 bits per heavy atom. The van der Waals surface area contributed by atoms with E-state index >= 15 is 0 Å². The zero-order valence-corrected chi connectivity index (χ0v) is 12.1. The summed E-state index contributed by atoms with van der Waals surface area (Å²) < 4.78 is 5.77. The Hall–Kier alpha value is -1.58. The molecule has 0 spiro atoms. The second kappa shape index (κ2) is 6.04. The number of thiocarbonyl (C=S) groups is 1. The molecule has 0 aliphatic heterocycles. The van der Waals surface area contributed by atoms with Gasteiger partial charge in [-0.2, -0.15) is 0 Å². The zero-order chi connectivity index (χ0) is 13.8. The predicted octanol–water partition coefficient (Wildman–Crippen LogP) is 3.86. The molecular formula is C15H14ClNOS. The Bertz CT molecular complexity index is 613. The lowest BCUT2D eigenvalue weighted by Crippen LogP contribution is -2.09. The molecule has 0 saturated carbocycles. The van der Waals surface area contributed by atoms with E-state index in [1.54, 1.807) is 0 Å². The van der Waals surface area contributed by atoms with Crippen molar-refractivity contribution in [3.05, 3.63) is 64.2 Å². The number of nitrogens with two attached hydrogens (primary N) is 1.